The van der Waals surface area contributed by atoms with E-state index >= 15 is 0 Å². The predicted molar refractivity (Wildman–Crippen MR) is 64.8 cm³/mol. The van der Waals surface area contributed by atoms with Gasteiger partial charge in [0, 0.05) is 34.9 Å². The van der Waals surface area contributed by atoms with E-state index in [2.05, 4.69) is 5.32 Å². The highest BCUT2D eigenvalue weighted by Gasteiger charge is 2.45. The van der Waals surface area contributed by atoms with Crippen LogP contribution in [-0.4, -0.2) is 51.1 Å². The van der Waals surface area contributed by atoms with Gasteiger partial charge in [-0.1, -0.05) is 6.92 Å². The Morgan fingerprint density at radius 3 is 2.71 bits per heavy atom. The van der Waals surface area contributed by atoms with Crippen molar-refractivity contribution >= 4 is 22.6 Å². The third-order valence-corrected chi connectivity index (χ3v) is 4.44. The number of nitrogens with one attached hydrogen (secondary N) is 1. The summed E-state index contributed by atoms with van der Waals surface area (Å²) in [5, 5.41) is 3.03. The second-order valence-electron chi connectivity index (χ2n) is 4.48. The molecular formula is C11H18N2O3S. The molecule has 1 N–H and O–H groups in total. The second-order valence-corrected chi connectivity index (χ2v) is 6.34. The Kier molecular flexibility index (Phi) is 3.93. The standard InChI is InChI=1S/C11H18N2O3S/c1-2-17(16)6-5-12-9-7-10(14)13(11(9)15)8-3-4-8/h8-9,12H,2-7H2,1H3. The topological polar surface area (TPSA) is 66.5 Å². The zero-order valence-electron chi connectivity index (χ0n) is 9.98. The van der Waals surface area contributed by atoms with Crippen LogP contribution >= 0.6 is 0 Å². The van der Waals surface area contributed by atoms with Crippen LogP contribution in [0.25, 0.3) is 0 Å². The van der Waals surface area contributed by atoms with E-state index in [9.17, 15) is 13.8 Å². The van der Waals surface area contributed by atoms with E-state index in [-0.39, 0.29) is 24.3 Å². The predicted octanol–water partition coefficient (Wildman–Crippen LogP) is -0.365. The molecule has 0 aromatic heterocycles. The molecule has 2 aliphatic rings. The van der Waals surface area contributed by atoms with Crippen molar-refractivity contribution in [1.82, 2.24) is 10.2 Å². The van der Waals surface area contributed by atoms with E-state index in [1.54, 1.807) is 0 Å². The Morgan fingerprint density at radius 1 is 1.41 bits per heavy atom. The molecule has 2 fully saturated rings. The Balaban J connectivity index is 1.80. The molecule has 2 rings (SSSR count). The van der Waals surface area contributed by atoms with E-state index in [0.29, 0.717) is 18.1 Å². The molecule has 1 aliphatic carbocycles. The summed E-state index contributed by atoms with van der Waals surface area (Å²) in [6, 6.07) is -0.233. The summed E-state index contributed by atoms with van der Waals surface area (Å²) in [7, 11) is -0.824. The third-order valence-electron chi connectivity index (χ3n) is 3.14. The maximum atomic E-state index is 11.9. The molecule has 5 nitrogen and oxygen atoms in total. The lowest BCUT2D eigenvalue weighted by Gasteiger charge is -2.14. The van der Waals surface area contributed by atoms with Gasteiger partial charge in [-0.25, -0.2) is 0 Å². The van der Waals surface area contributed by atoms with Crippen molar-refractivity contribution in [2.75, 3.05) is 18.1 Å². The van der Waals surface area contributed by atoms with Crippen LogP contribution in [0.5, 0.6) is 0 Å². The van der Waals surface area contributed by atoms with Crippen molar-refractivity contribution in [3.05, 3.63) is 0 Å². The molecule has 0 aromatic rings. The fourth-order valence-electron chi connectivity index (χ4n) is 2.02. The minimum atomic E-state index is -0.824. The Hall–Kier alpha value is -0.750. The summed E-state index contributed by atoms with van der Waals surface area (Å²) in [6.07, 6.45) is 2.15. The van der Waals surface area contributed by atoms with Gasteiger partial charge in [-0.2, -0.15) is 0 Å². The van der Waals surface area contributed by atoms with E-state index in [1.165, 1.54) is 4.90 Å². The first-order chi connectivity index (χ1) is 8.13. The molecular weight excluding hydrogens is 240 g/mol. The summed E-state index contributed by atoms with van der Waals surface area (Å²) in [5.74, 6) is 1.01. The summed E-state index contributed by atoms with van der Waals surface area (Å²) < 4.78 is 11.2. The van der Waals surface area contributed by atoms with Gasteiger partial charge in [0.1, 0.15) is 0 Å². The normalized spacial score (nSPS) is 26.6. The van der Waals surface area contributed by atoms with E-state index in [4.69, 9.17) is 0 Å². The average molecular weight is 258 g/mol. The van der Waals surface area contributed by atoms with Gasteiger partial charge in [-0.3, -0.25) is 18.7 Å². The minimum absolute atomic E-state index is 0.0633. The molecule has 0 aromatic carbocycles. The molecule has 1 aliphatic heterocycles. The highest BCUT2D eigenvalue weighted by atomic mass is 32.2. The Morgan fingerprint density at radius 2 is 2.12 bits per heavy atom. The number of carbonyl (C=O) groups excluding carboxylic acids is 2. The summed E-state index contributed by atoms with van der Waals surface area (Å²) in [5.41, 5.74) is 0. The largest absolute Gasteiger partial charge is 0.305 e. The number of nitrogens with zero attached hydrogens (tertiary/aromatic N) is 1. The molecule has 0 bridgehead atoms. The first-order valence-corrected chi connectivity index (χ1v) is 7.56. The molecule has 96 valence electrons. The van der Waals surface area contributed by atoms with Crippen LogP contribution in [0.1, 0.15) is 26.2 Å². The molecule has 17 heavy (non-hydrogen) atoms. The molecule has 0 spiro atoms. The smallest absolute Gasteiger partial charge is 0.247 e. The number of hydrogen-bond acceptors (Lipinski definition) is 4. The maximum absolute atomic E-state index is 11.9. The van der Waals surface area contributed by atoms with Crippen LogP contribution < -0.4 is 5.32 Å². The van der Waals surface area contributed by atoms with Crippen LogP contribution in [-0.2, 0) is 20.4 Å². The lowest BCUT2D eigenvalue weighted by atomic mass is 10.2. The Labute approximate surface area is 103 Å². The molecule has 2 amide bonds. The van der Waals surface area contributed by atoms with Gasteiger partial charge in [0.2, 0.25) is 11.8 Å². The fraction of sp³-hybridized carbons (Fsp3) is 0.818. The van der Waals surface area contributed by atoms with Gasteiger partial charge in [0.15, 0.2) is 0 Å². The third kappa shape index (κ3) is 2.93. The first kappa shape index (κ1) is 12.7. The SMILES string of the molecule is CCS(=O)CCNC1CC(=O)N(C2CC2)C1=O. The van der Waals surface area contributed by atoms with Crippen molar-refractivity contribution < 1.29 is 13.8 Å². The average Bonchev–Trinajstić information content (AvgIpc) is 3.08. The van der Waals surface area contributed by atoms with Crippen LogP contribution in [0.4, 0.5) is 0 Å². The number of imide groups is 1. The van der Waals surface area contributed by atoms with Gasteiger partial charge in [0.25, 0.3) is 0 Å². The van der Waals surface area contributed by atoms with Crippen molar-refractivity contribution in [3.8, 4) is 0 Å². The number of hydrogen-bond donors (Lipinski definition) is 1. The number of carbonyl (C=O) groups is 2. The monoisotopic (exact) mass is 258 g/mol. The van der Waals surface area contributed by atoms with Crippen LogP contribution in [0.2, 0.25) is 0 Å². The lowest BCUT2D eigenvalue weighted by Crippen LogP contribution is -2.41. The lowest BCUT2D eigenvalue weighted by molar-refractivity contribution is -0.139. The van der Waals surface area contributed by atoms with Crippen molar-refractivity contribution in [1.29, 1.82) is 0 Å². The summed E-state index contributed by atoms with van der Waals surface area (Å²) in [6.45, 7) is 2.40. The molecule has 1 saturated heterocycles. The number of likely N-dealkylation sites (tertiary alicyclic amines) is 1. The zero-order valence-corrected chi connectivity index (χ0v) is 10.8. The van der Waals surface area contributed by atoms with Gasteiger partial charge in [-0.05, 0) is 12.8 Å². The van der Waals surface area contributed by atoms with E-state index in [1.807, 2.05) is 6.92 Å². The maximum Gasteiger partial charge on any atom is 0.247 e. The first-order valence-electron chi connectivity index (χ1n) is 6.07. The second kappa shape index (κ2) is 5.27. The molecule has 1 heterocycles. The van der Waals surface area contributed by atoms with Gasteiger partial charge in [-0.15, -0.1) is 0 Å². The van der Waals surface area contributed by atoms with Gasteiger partial charge in [0.05, 0.1) is 12.5 Å². The van der Waals surface area contributed by atoms with Crippen LogP contribution in [0, 0.1) is 0 Å². The number of rotatable bonds is 6. The summed E-state index contributed by atoms with van der Waals surface area (Å²) in [4.78, 5) is 25.0. The molecule has 2 unspecified atom stereocenters. The van der Waals surface area contributed by atoms with Crippen molar-refractivity contribution in [2.45, 2.75) is 38.3 Å². The molecule has 6 heteroatoms. The van der Waals surface area contributed by atoms with Gasteiger partial charge < -0.3 is 5.32 Å². The minimum Gasteiger partial charge on any atom is -0.305 e. The fourth-order valence-corrected chi connectivity index (χ4v) is 2.65. The van der Waals surface area contributed by atoms with Crippen molar-refractivity contribution in [2.24, 2.45) is 0 Å². The van der Waals surface area contributed by atoms with Crippen molar-refractivity contribution in [3.63, 3.8) is 0 Å². The highest BCUT2D eigenvalue weighted by Crippen LogP contribution is 2.31. The summed E-state index contributed by atoms with van der Waals surface area (Å²) >= 11 is 0. The zero-order chi connectivity index (χ0) is 12.4. The van der Waals surface area contributed by atoms with E-state index in [0.717, 1.165) is 12.8 Å². The quantitative estimate of drug-likeness (QED) is 0.660. The van der Waals surface area contributed by atoms with Gasteiger partial charge >= 0.3 is 0 Å². The highest BCUT2D eigenvalue weighted by molar-refractivity contribution is 7.84. The molecule has 2 atom stereocenters. The van der Waals surface area contributed by atoms with Crippen LogP contribution in [0.15, 0.2) is 0 Å². The number of amides is 2. The molecule has 1 saturated carbocycles. The van der Waals surface area contributed by atoms with E-state index < -0.39 is 16.8 Å². The Bertz CT molecular complexity index is 355. The van der Waals surface area contributed by atoms with Crippen LogP contribution in [0.3, 0.4) is 0 Å². The molecule has 0 radical (unpaired) electrons.